The summed E-state index contributed by atoms with van der Waals surface area (Å²) in [6, 6.07) is 8.64. The highest BCUT2D eigenvalue weighted by molar-refractivity contribution is 6.31. The average molecular weight is 424 g/mol. The van der Waals surface area contributed by atoms with E-state index in [1.807, 2.05) is 0 Å². The normalized spacial score (nSPS) is 12.2. The van der Waals surface area contributed by atoms with Crippen molar-refractivity contribution >= 4 is 34.1 Å². The number of alkyl halides is 2. The van der Waals surface area contributed by atoms with Gasteiger partial charge in [0.25, 0.3) is 12.0 Å². The molecule has 0 radical (unpaired) electrons. The molecule has 2 amide bonds. The van der Waals surface area contributed by atoms with E-state index < -0.39 is 30.9 Å². The van der Waals surface area contributed by atoms with Crippen LogP contribution in [0.4, 0.5) is 23.7 Å². The lowest BCUT2D eigenvalue weighted by Crippen LogP contribution is -2.40. The summed E-state index contributed by atoms with van der Waals surface area (Å²) < 4.78 is 39.7. The van der Waals surface area contributed by atoms with Crippen LogP contribution in [0.1, 0.15) is 18.5 Å². The van der Waals surface area contributed by atoms with Gasteiger partial charge in [0.2, 0.25) is 0 Å². The lowest BCUT2D eigenvalue weighted by molar-refractivity contribution is 0.0885. The summed E-state index contributed by atoms with van der Waals surface area (Å²) in [7, 11) is 0. The van der Waals surface area contributed by atoms with Gasteiger partial charge in [-0.2, -0.15) is 0 Å². The molecule has 1 heterocycles. The van der Waals surface area contributed by atoms with Crippen LogP contribution in [0.25, 0.3) is 10.8 Å². The number of benzene rings is 2. The molecule has 0 saturated carbocycles. The molecule has 0 unspecified atom stereocenters. The van der Waals surface area contributed by atoms with Crippen molar-refractivity contribution in [3.63, 3.8) is 0 Å². The lowest BCUT2D eigenvalue weighted by Gasteiger charge is -2.30. The largest absolute Gasteiger partial charge is 0.328 e. The van der Waals surface area contributed by atoms with Gasteiger partial charge in [0, 0.05) is 17.3 Å². The van der Waals surface area contributed by atoms with Crippen LogP contribution in [-0.2, 0) is 0 Å². The quantitative estimate of drug-likeness (QED) is 0.593. The predicted molar refractivity (Wildman–Crippen MR) is 106 cm³/mol. The number of fused-ring (bicyclic) bond motifs is 1. The maximum absolute atomic E-state index is 13.3. The van der Waals surface area contributed by atoms with Crippen LogP contribution in [0.15, 0.2) is 53.5 Å². The number of halogens is 4. The second kappa shape index (κ2) is 8.57. The van der Waals surface area contributed by atoms with Crippen LogP contribution in [0.3, 0.4) is 0 Å². The number of carbonyl (C=O) groups is 1. The van der Waals surface area contributed by atoms with Gasteiger partial charge in [-0.05, 0) is 42.1 Å². The Balaban J connectivity index is 1.96. The Morgan fingerprint density at radius 2 is 1.90 bits per heavy atom. The molecular formula is C20H17ClF3N3O2. The van der Waals surface area contributed by atoms with E-state index in [0.717, 1.165) is 11.0 Å². The number of carbonyl (C=O) groups excluding carboxylic acids is 1. The number of amides is 2. The molecule has 0 aliphatic rings. The van der Waals surface area contributed by atoms with Gasteiger partial charge in [-0.15, -0.1) is 0 Å². The maximum atomic E-state index is 13.3. The molecule has 0 fully saturated rings. The molecule has 1 atom stereocenters. The van der Waals surface area contributed by atoms with Crippen molar-refractivity contribution in [2.75, 3.05) is 11.9 Å². The van der Waals surface area contributed by atoms with Crippen LogP contribution < -0.4 is 10.9 Å². The van der Waals surface area contributed by atoms with Crippen LogP contribution in [0, 0.1) is 5.82 Å². The number of aromatic amines is 1. The Labute approximate surface area is 169 Å². The second-order valence-corrected chi connectivity index (χ2v) is 6.80. The summed E-state index contributed by atoms with van der Waals surface area (Å²) in [5.41, 5.74) is 0.356. The summed E-state index contributed by atoms with van der Waals surface area (Å²) >= 11 is 5.71. The van der Waals surface area contributed by atoms with Crippen LogP contribution in [0.5, 0.6) is 0 Å². The number of hydrogen-bond acceptors (Lipinski definition) is 2. The minimum atomic E-state index is -2.78. The molecule has 5 nitrogen and oxygen atoms in total. The Bertz CT molecular complexity index is 1100. The summed E-state index contributed by atoms with van der Waals surface area (Å²) in [4.78, 5) is 28.3. The smallest absolute Gasteiger partial charge is 0.322 e. The molecule has 29 heavy (non-hydrogen) atoms. The zero-order valence-corrected chi connectivity index (χ0v) is 16.0. The van der Waals surface area contributed by atoms with Gasteiger partial charge in [0.1, 0.15) is 5.82 Å². The van der Waals surface area contributed by atoms with Crippen molar-refractivity contribution in [2.24, 2.45) is 0 Å². The minimum absolute atomic E-state index is 0.166. The third kappa shape index (κ3) is 4.54. The summed E-state index contributed by atoms with van der Waals surface area (Å²) in [5, 5.41) is 3.20. The molecule has 0 spiro atoms. The van der Waals surface area contributed by atoms with E-state index in [0.29, 0.717) is 16.3 Å². The predicted octanol–water partition coefficient (Wildman–Crippen LogP) is 5.18. The molecule has 2 aromatic carbocycles. The topological polar surface area (TPSA) is 65.2 Å². The van der Waals surface area contributed by atoms with E-state index in [4.69, 9.17) is 11.6 Å². The van der Waals surface area contributed by atoms with Crippen molar-refractivity contribution < 1.29 is 18.0 Å². The molecule has 0 aliphatic heterocycles. The molecule has 1 aromatic heterocycles. The van der Waals surface area contributed by atoms with Gasteiger partial charge >= 0.3 is 6.03 Å². The summed E-state index contributed by atoms with van der Waals surface area (Å²) in [6.45, 7) is 0.745. The minimum Gasteiger partial charge on any atom is -0.328 e. The molecule has 0 bridgehead atoms. The average Bonchev–Trinajstić information content (AvgIpc) is 2.69. The van der Waals surface area contributed by atoms with Gasteiger partial charge in [-0.25, -0.2) is 18.0 Å². The molecule has 3 aromatic rings. The molecular weight excluding hydrogens is 407 g/mol. The molecule has 0 aliphatic carbocycles. The molecule has 2 N–H and O–H groups in total. The van der Waals surface area contributed by atoms with E-state index in [9.17, 15) is 22.8 Å². The summed E-state index contributed by atoms with van der Waals surface area (Å²) in [6.07, 6.45) is -1.37. The number of nitrogens with one attached hydrogen (secondary N) is 2. The molecule has 0 saturated heterocycles. The highest BCUT2D eigenvalue weighted by Gasteiger charge is 2.26. The van der Waals surface area contributed by atoms with Gasteiger partial charge in [0.05, 0.1) is 17.6 Å². The van der Waals surface area contributed by atoms with E-state index in [1.54, 1.807) is 31.2 Å². The number of hydrogen-bond donors (Lipinski definition) is 2. The zero-order chi connectivity index (χ0) is 21.1. The third-order valence-electron chi connectivity index (χ3n) is 4.53. The van der Waals surface area contributed by atoms with Crippen molar-refractivity contribution in [3.05, 3.63) is 75.4 Å². The van der Waals surface area contributed by atoms with Crippen molar-refractivity contribution in [1.29, 1.82) is 0 Å². The first-order chi connectivity index (χ1) is 13.8. The zero-order valence-electron chi connectivity index (χ0n) is 15.3. The highest BCUT2D eigenvalue weighted by atomic mass is 35.5. The highest BCUT2D eigenvalue weighted by Crippen LogP contribution is 2.28. The van der Waals surface area contributed by atoms with Gasteiger partial charge < -0.3 is 15.2 Å². The van der Waals surface area contributed by atoms with E-state index in [-0.39, 0.29) is 16.3 Å². The molecule has 152 valence electrons. The number of urea groups is 1. The Kier molecular flexibility index (Phi) is 6.12. The Morgan fingerprint density at radius 1 is 1.21 bits per heavy atom. The number of anilines is 1. The van der Waals surface area contributed by atoms with Crippen molar-refractivity contribution in [1.82, 2.24) is 9.88 Å². The van der Waals surface area contributed by atoms with Crippen molar-refractivity contribution in [2.45, 2.75) is 19.4 Å². The fraction of sp³-hybridized carbons (Fsp3) is 0.200. The SMILES string of the molecule is C[C@@H](c1c[nH]c(=O)c2ccccc12)N(CC(F)F)C(=O)Nc1ccc(F)c(Cl)c1. The Morgan fingerprint density at radius 3 is 2.55 bits per heavy atom. The fourth-order valence-electron chi connectivity index (χ4n) is 3.08. The monoisotopic (exact) mass is 423 g/mol. The first-order valence-corrected chi connectivity index (χ1v) is 9.07. The third-order valence-corrected chi connectivity index (χ3v) is 4.82. The van der Waals surface area contributed by atoms with Crippen molar-refractivity contribution in [3.8, 4) is 0 Å². The van der Waals surface area contributed by atoms with Gasteiger partial charge in [-0.3, -0.25) is 4.79 Å². The maximum Gasteiger partial charge on any atom is 0.322 e. The molecule has 3 rings (SSSR count). The fourth-order valence-corrected chi connectivity index (χ4v) is 3.26. The number of nitrogens with zero attached hydrogens (tertiary/aromatic N) is 1. The number of rotatable bonds is 5. The van der Waals surface area contributed by atoms with Crippen LogP contribution in [-0.4, -0.2) is 28.9 Å². The van der Waals surface area contributed by atoms with E-state index >= 15 is 0 Å². The standard InChI is InChI=1S/C20H17ClF3N3O2/c1-11(15-9-25-19(28)14-5-3-2-4-13(14)15)27(10-18(23)24)20(29)26-12-6-7-17(22)16(21)8-12/h2-9,11,18H,10H2,1H3,(H,25,28)(H,26,29)/t11-/m0/s1. The number of aromatic nitrogens is 1. The summed E-state index contributed by atoms with van der Waals surface area (Å²) in [5.74, 6) is -0.665. The lowest BCUT2D eigenvalue weighted by atomic mass is 10.0. The number of pyridine rings is 1. The first kappa shape index (κ1) is 20.7. The van der Waals surface area contributed by atoms with Crippen LogP contribution in [0.2, 0.25) is 5.02 Å². The van der Waals surface area contributed by atoms with Crippen LogP contribution >= 0.6 is 11.6 Å². The van der Waals surface area contributed by atoms with E-state index in [2.05, 4.69) is 10.3 Å². The second-order valence-electron chi connectivity index (χ2n) is 6.40. The number of H-pyrrole nitrogens is 1. The molecule has 9 heteroatoms. The van der Waals surface area contributed by atoms with Gasteiger partial charge in [-0.1, -0.05) is 29.8 Å². The van der Waals surface area contributed by atoms with E-state index in [1.165, 1.54) is 18.3 Å². The first-order valence-electron chi connectivity index (χ1n) is 8.69. The van der Waals surface area contributed by atoms with Gasteiger partial charge in [0.15, 0.2) is 0 Å². The Hall–Kier alpha value is -3.00.